The SMILES string of the molecule is O=C(NC(CO)c1ccco1)C1(c2cccc(C(F)(F)F)c2)CC1. The molecule has 4 nitrogen and oxygen atoms in total. The van der Waals surface area contributed by atoms with Crippen molar-refractivity contribution >= 4 is 5.91 Å². The number of carbonyl (C=O) groups excluding carboxylic acids is 1. The molecule has 0 bridgehead atoms. The first-order valence-electron chi connectivity index (χ1n) is 7.50. The number of aliphatic hydroxyl groups excluding tert-OH is 1. The number of furan rings is 1. The van der Waals surface area contributed by atoms with Crippen LogP contribution in [0.1, 0.15) is 35.8 Å². The van der Waals surface area contributed by atoms with Crippen molar-refractivity contribution in [3.63, 3.8) is 0 Å². The van der Waals surface area contributed by atoms with Gasteiger partial charge in [0.05, 0.1) is 23.8 Å². The standard InChI is InChI=1S/C17H16F3NO3/c18-17(19,20)12-4-1-3-11(9-12)16(6-7-16)15(23)21-13(10-22)14-5-2-8-24-14/h1-5,8-9,13,22H,6-7,10H2,(H,21,23). The van der Waals surface area contributed by atoms with Crippen molar-refractivity contribution in [2.75, 3.05) is 6.61 Å². The highest BCUT2D eigenvalue weighted by atomic mass is 19.4. The number of alkyl halides is 3. The van der Waals surface area contributed by atoms with Crippen LogP contribution in [0.5, 0.6) is 0 Å². The fraction of sp³-hybridized carbons (Fsp3) is 0.353. The molecule has 3 rings (SSSR count). The molecule has 1 fully saturated rings. The van der Waals surface area contributed by atoms with E-state index in [1.165, 1.54) is 18.4 Å². The van der Waals surface area contributed by atoms with Crippen LogP contribution >= 0.6 is 0 Å². The molecule has 1 aliphatic carbocycles. The van der Waals surface area contributed by atoms with E-state index >= 15 is 0 Å². The van der Waals surface area contributed by atoms with Crippen molar-refractivity contribution in [1.82, 2.24) is 5.32 Å². The zero-order valence-corrected chi connectivity index (χ0v) is 12.6. The van der Waals surface area contributed by atoms with Gasteiger partial charge in [0.25, 0.3) is 0 Å². The Kier molecular flexibility index (Phi) is 4.13. The number of aliphatic hydroxyl groups is 1. The van der Waals surface area contributed by atoms with Gasteiger partial charge in [0.15, 0.2) is 0 Å². The zero-order chi connectivity index (χ0) is 17.4. The minimum Gasteiger partial charge on any atom is -0.467 e. The molecule has 1 aliphatic rings. The summed E-state index contributed by atoms with van der Waals surface area (Å²) in [5, 5.41) is 12.1. The van der Waals surface area contributed by atoms with E-state index in [-0.39, 0.29) is 6.61 Å². The Labute approximate surface area is 136 Å². The van der Waals surface area contributed by atoms with E-state index in [1.807, 2.05) is 0 Å². The van der Waals surface area contributed by atoms with Crippen LogP contribution in [0, 0.1) is 0 Å². The lowest BCUT2D eigenvalue weighted by Crippen LogP contribution is -2.38. The third kappa shape index (κ3) is 3.03. The minimum atomic E-state index is -4.45. The Balaban J connectivity index is 1.82. The van der Waals surface area contributed by atoms with Gasteiger partial charge in [-0.05, 0) is 36.6 Å². The first-order chi connectivity index (χ1) is 11.4. The molecule has 0 radical (unpaired) electrons. The average Bonchev–Trinajstić information content (AvgIpc) is 3.20. The van der Waals surface area contributed by atoms with Gasteiger partial charge in [-0.3, -0.25) is 4.79 Å². The topological polar surface area (TPSA) is 62.5 Å². The Hall–Kier alpha value is -2.28. The highest BCUT2D eigenvalue weighted by Crippen LogP contribution is 2.49. The molecule has 24 heavy (non-hydrogen) atoms. The number of carbonyl (C=O) groups is 1. The fourth-order valence-corrected chi connectivity index (χ4v) is 2.76. The van der Waals surface area contributed by atoms with Crippen molar-refractivity contribution in [3.8, 4) is 0 Å². The Bertz CT molecular complexity index is 721. The first kappa shape index (κ1) is 16.6. The van der Waals surface area contributed by atoms with Crippen LogP contribution in [0.2, 0.25) is 0 Å². The van der Waals surface area contributed by atoms with Gasteiger partial charge >= 0.3 is 6.18 Å². The quantitative estimate of drug-likeness (QED) is 0.879. The van der Waals surface area contributed by atoms with E-state index in [0.717, 1.165) is 12.1 Å². The van der Waals surface area contributed by atoms with Crippen LogP contribution in [0.25, 0.3) is 0 Å². The zero-order valence-electron chi connectivity index (χ0n) is 12.6. The van der Waals surface area contributed by atoms with Gasteiger partial charge in [0, 0.05) is 0 Å². The van der Waals surface area contributed by atoms with Gasteiger partial charge in [0.1, 0.15) is 11.8 Å². The highest BCUT2D eigenvalue weighted by Gasteiger charge is 2.52. The minimum absolute atomic E-state index is 0.339. The Morgan fingerprint density at radius 1 is 1.29 bits per heavy atom. The van der Waals surface area contributed by atoms with Crippen LogP contribution in [0.3, 0.4) is 0 Å². The lowest BCUT2D eigenvalue weighted by atomic mass is 9.93. The van der Waals surface area contributed by atoms with E-state index in [0.29, 0.717) is 24.2 Å². The second kappa shape index (κ2) is 5.98. The summed E-state index contributed by atoms with van der Waals surface area (Å²) in [6.45, 7) is -0.363. The summed E-state index contributed by atoms with van der Waals surface area (Å²) in [5.74, 6) is -0.0111. The maximum absolute atomic E-state index is 12.9. The number of rotatable bonds is 5. The predicted molar refractivity (Wildman–Crippen MR) is 79.0 cm³/mol. The predicted octanol–water partition coefficient (Wildman–Crippen LogP) is 3.18. The summed E-state index contributed by atoms with van der Waals surface area (Å²) >= 11 is 0. The number of amides is 1. The molecule has 1 aromatic heterocycles. The second-order valence-corrected chi connectivity index (χ2v) is 5.88. The highest BCUT2D eigenvalue weighted by molar-refractivity contribution is 5.91. The van der Waals surface area contributed by atoms with Crippen molar-refractivity contribution in [2.45, 2.75) is 30.5 Å². The molecule has 0 spiro atoms. The van der Waals surface area contributed by atoms with Crippen LogP contribution in [-0.4, -0.2) is 17.6 Å². The maximum Gasteiger partial charge on any atom is 0.416 e. The largest absolute Gasteiger partial charge is 0.467 e. The Morgan fingerprint density at radius 3 is 2.58 bits per heavy atom. The van der Waals surface area contributed by atoms with E-state index in [4.69, 9.17) is 4.42 Å². The second-order valence-electron chi connectivity index (χ2n) is 5.88. The number of hydrogen-bond acceptors (Lipinski definition) is 3. The van der Waals surface area contributed by atoms with Crippen LogP contribution in [-0.2, 0) is 16.4 Å². The van der Waals surface area contributed by atoms with Crippen molar-refractivity contribution in [3.05, 3.63) is 59.5 Å². The number of hydrogen-bond donors (Lipinski definition) is 2. The van der Waals surface area contributed by atoms with Gasteiger partial charge in [0.2, 0.25) is 5.91 Å². The van der Waals surface area contributed by atoms with E-state index < -0.39 is 29.1 Å². The molecule has 1 amide bonds. The van der Waals surface area contributed by atoms with Crippen molar-refractivity contribution in [1.29, 1.82) is 0 Å². The van der Waals surface area contributed by atoms with Gasteiger partial charge < -0.3 is 14.8 Å². The molecule has 0 aliphatic heterocycles. The van der Waals surface area contributed by atoms with E-state index in [2.05, 4.69) is 5.32 Å². The maximum atomic E-state index is 12.9. The molecule has 2 N–H and O–H groups in total. The summed E-state index contributed by atoms with van der Waals surface area (Å²) in [5.41, 5.74) is -1.41. The van der Waals surface area contributed by atoms with Gasteiger partial charge in [-0.2, -0.15) is 13.2 Å². The van der Waals surface area contributed by atoms with Crippen LogP contribution in [0.4, 0.5) is 13.2 Å². The smallest absolute Gasteiger partial charge is 0.416 e. The summed E-state index contributed by atoms with van der Waals surface area (Å²) in [6.07, 6.45) is -2.10. The summed E-state index contributed by atoms with van der Waals surface area (Å²) < 4.78 is 43.8. The molecule has 7 heteroatoms. The van der Waals surface area contributed by atoms with Crippen LogP contribution < -0.4 is 5.32 Å². The van der Waals surface area contributed by atoms with E-state index in [1.54, 1.807) is 12.1 Å². The lowest BCUT2D eigenvalue weighted by Gasteiger charge is -2.21. The van der Waals surface area contributed by atoms with Crippen LogP contribution in [0.15, 0.2) is 47.1 Å². The number of halogens is 3. The van der Waals surface area contributed by atoms with Crippen molar-refractivity contribution in [2.24, 2.45) is 0 Å². The number of nitrogens with one attached hydrogen (secondary N) is 1. The fourth-order valence-electron chi connectivity index (χ4n) is 2.76. The van der Waals surface area contributed by atoms with Crippen molar-refractivity contribution < 1.29 is 27.5 Å². The summed E-state index contributed by atoms with van der Waals surface area (Å²) in [4.78, 5) is 12.6. The summed E-state index contributed by atoms with van der Waals surface area (Å²) in [7, 11) is 0. The Morgan fingerprint density at radius 2 is 2.04 bits per heavy atom. The molecule has 1 heterocycles. The monoisotopic (exact) mass is 339 g/mol. The lowest BCUT2D eigenvalue weighted by molar-refractivity contribution is -0.137. The van der Waals surface area contributed by atoms with E-state index in [9.17, 15) is 23.1 Å². The molecule has 1 unspecified atom stereocenters. The van der Waals surface area contributed by atoms with Gasteiger partial charge in [-0.25, -0.2) is 0 Å². The molecule has 2 aromatic rings. The molecule has 1 atom stereocenters. The number of benzene rings is 1. The molecule has 128 valence electrons. The third-order valence-electron chi connectivity index (χ3n) is 4.30. The average molecular weight is 339 g/mol. The molecule has 0 saturated heterocycles. The molecule has 1 aromatic carbocycles. The molecular formula is C17H16F3NO3. The third-order valence-corrected chi connectivity index (χ3v) is 4.30. The molecule has 1 saturated carbocycles. The molecular weight excluding hydrogens is 323 g/mol. The van der Waals surface area contributed by atoms with Gasteiger partial charge in [-0.15, -0.1) is 0 Å². The first-order valence-corrected chi connectivity index (χ1v) is 7.50. The normalized spacial score (nSPS) is 17.3. The van der Waals surface area contributed by atoms with Gasteiger partial charge in [-0.1, -0.05) is 18.2 Å². The summed E-state index contributed by atoms with van der Waals surface area (Å²) in [6, 6.07) is 7.36.